The lowest BCUT2D eigenvalue weighted by Gasteiger charge is -2.08. The average molecular weight is 310 g/mol. The Labute approximate surface area is 134 Å². The van der Waals surface area contributed by atoms with Gasteiger partial charge in [-0.15, -0.1) is 0 Å². The average Bonchev–Trinajstić information content (AvgIpc) is 2.56. The zero-order valence-electron chi connectivity index (χ0n) is 12.3. The Balaban J connectivity index is 1.94. The highest BCUT2D eigenvalue weighted by Gasteiger charge is 2.04. The highest BCUT2D eigenvalue weighted by molar-refractivity contribution is 6.31. The fourth-order valence-electron chi connectivity index (χ4n) is 2.32. The number of aromatic nitrogens is 1. The number of pyridine rings is 1. The molecule has 0 saturated heterocycles. The molecule has 0 spiro atoms. The van der Waals surface area contributed by atoms with E-state index >= 15 is 0 Å². The van der Waals surface area contributed by atoms with Crippen LogP contribution in [0.5, 0.6) is 0 Å². The minimum absolute atomic E-state index is 0.680. The van der Waals surface area contributed by atoms with Crippen molar-refractivity contribution in [2.24, 2.45) is 5.10 Å². The van der Waals surface area contributed by atoms with E-state index in [2.05, 4.69) is 34.6 Å². The van der Waals surface area contributed by atoms with Crippen molar-refractivity contribution in [3.63, 3.8) is 0 Å². The summed E-state index contributed by atoms with van der Waals surface area (Å²) in [4.78, 5) is 4.34. The van der Waals surface area contributed by atoms with Crippen LogP contribution < -0.4 is 5.43 Å². The van der Waals surface area contributed by atoms with E-state index in [1.54, 1.807) is 6.20 Å². The maximum atomic E-state index is 6.01. The summed E-state index contributed by atoms with van der Waals surface area (Å²) in [6.45, 7) is 2.10. The van der Waals surface area contributed by atoms with Crippen LogP contribution in [0, 0.1) is 0 Å². The Kier molecular flexibility index (Phi) is 4.35. The molecule has 110 valence electrons. The molecule has 3 aromatic rings. The number of hydrogen-bond acceptors (Lipinski definition) is 3. The maximum absolute atomic E-state index is 6.01. The third kappa shape index (κ3) is 3.10. The van der Waals surface area contributed by atoms with E-state index in [9.17, 15) is 0 Å². The molecular formula is C18H16ClN3. The Morgan fingerprint density at radius 2 is 1.95 bits per heavy atom. The van der Waals surface area contributed by atoms with Crippen molar-refractivity contribution >= 4 is 33.9 Å². The van der Waals surface area contributed by atoms with Gasteiger partial charge in [-0.05, 0) is 36.2 Å². The van der Waals surface area contributed by atoms with E-state index in [4.69, 9.17) is 11.6 Å². The summed E-state index contributed by atoms with van der Waals surface area (Å²) in [6, 6.07) is 17.7. The number of hydrogen-bond donors (Lipinski definition) is 1. The zero-order chi connectivity index (χ0) is 15.4. The maximum Gasteiger partial charge on any atom is 0.0738 e. The van der Waals surface area contributed by atoms with Crippen molar-refractivity contribution in [1.29, 1.82) is 0 Å². The number of rotatable bonds is 4. The molecule has 1 heterocycles. The summed E-state index contributed by atoms with van der Waals surface area (Å²) in [7, 11) is 0. The van der Waals surface area contributed by atoms with Crippen LogP contribution in [-0.4, -0.2) is 10.7 Å². The fraction of sp³-hybridized carbons (Fsp3) is 0.111. The SMILES string of the molecule is CCC(=NNc1ccnc2cc(Cl)ccc12)c1ccccc1. The number of nitrogens with zero attached hydrogens (tertiary/aromatic N) is 2. The number of anilines is 1. The highest BCUT2D eigenvalue weighted by atomic mass is 35.5. The van der Waals surface area contributed by atoms with Gasteiger partial charge in [-0.2, -0.15) is 5.10 Å². The Hall–Kier alpha value is -2.39. The summed E-state index contributed by atoms with van der Waals surface area (Å²) in [5.41, 5.74) is 7.07. The van der Waals surface area contributed by atoms with E-state index in [0.29, 0.717) is 5.02 Å². The molecule has 3 rings (SSSR count). The van der Waals surface area contributed by atoms with Gasteiger partial charge < -0.3 is 0 Å². The lowest BCUT2D eigenvalue weighted by atomic mass is 10.1. The second-order valence-electron chi connectivity index (χ2n) is 4.91. The molecule has 0 fully saturated rings. The lowest BCUT2D eigenvalue weighted by Crippen LogP contribution is -2.03. The van der Waals surface area contributed by atoms with Gasteiger partial charge in [-0.1, -0.05) is 48.9 Å². The molecule has 0 atom stereocenters. The first-order valence-corrected chi connectivity index (χ1v) is 7.58. The standard InChI is InChI=1S/C18H16ClN3/c1-2-16(13-6-4-3-5-7-13)21-22-17-10-11-20-18-12-14(19)8-9-15(17)18/h3-12H,2H2,1H3,(H,20,22). The Bertz CT molecular complexity index is 813. The second kappa shape index (κ2) is 6.58. The van der Waals surface area contributed by atoms with Crippen LogP contribution in [0.3, 0.4) is 0 Å². The van der Waals surface area contributed by atoms with Gasteiger partial charge >= 0.3 is 0 Å². The van der Waals surface area contributed by atoms with E-state index < -0.39 is 0 Å². The Morgan fingerprint density at radius 3 is 2.73 bits per heavy atom. The third-order valence-electron chi connectivity index (χ3n) is 3.46. The van der Waals surface area contributed by atoms with Crippen molar-refractivity contribution in [2.45, 2.75) is 13.3 Å². The molecule has 3 nitrogen and oxygen atoms in total. The summed E-state index contributed by atoms with van der Waals surface area (Å²) >= 11 is 6.01. The topological polar surface area (TPSA) is 37.3 Å². The van der Waals surface area contributed by atoms with E-state index in [0.717, 1.165) is 34.3 Å². The van der Waals surface area contributed by atoms with Gasteiger partial charge in [-0.3, -0.25) is 10.4 Å². The molecule has 0 saturated carbocycles. The Morgan fingerprint density at radius 1 is 1.14 bits per heavy atom. The van der Waals surface area contributed by atoms with Gasteiger partial charge in [0.25, 0.3) is 0 Å². The van der Waals surface area contributed by atoms with Gasteiger partial charge in [0.1, 0.15) is 0 Å². The highest BCUT2D eigenvalue weighted by Crippen LogP contribution is 2.24. The fourth-order valence-corrected chi connectivity index (χ4v) is 2.49. The van der Waals surface area contributed by atoms with E-state index in [1.807, 2.05) is 42.5 Å². The number of hydrazone groups is 1. The monoisotopic (exact) mass is 309 g/mol. The first-order chi connectivity index (χ1) is 10.8. The number of fused-ring (bicyclic) bond motifs is 1. The van der Waals surface area contributed by atoms with Gasteiger partial charge in [0.2, 0.25) is 0 Å². The van der Waals surface area contributed by atoms with Crippen LogP contribution in [0.1, 0.15) is 18.9 Å². The summed E-state index contributed by atoms with van der Waals surface area (Å²) in [5, 5.41) is 6.24. The summed E-state index contributed by atoms with van der Waals surface area (Å²) in [5.74, 6) is 0. The second-order valence-corrected chi connectivity index (χ2v) is 5.35. The molecule has 0 aliphatic heterocycles. The van der Waals surface area contributed by atoms with Gasteiger partial charge in [0.15, 0.2) is 0 Å². The normalized spacial score (nSPS) is 11.6. The molecule has 0 aliphatic carbocycles. The first kappa shape index (κ1) is 14.5. The van der Waals surface area contributed by atoms with Gasteiger partial charge in [-0.25, -0.2) is 0 Å². The van der Waals surface area contributed by atoms with Crippen LogP contribution in [0.25, 0.3) is 10.9 Å². The van der Waals surface area contributed by atoms with Gasteiger partial charge in [0.05, 0.1) is 16.9 Å². The minimum Gasteiger partial charge on any atom is -0.277 e. The molecule has 1 N–H and O–H groups in total. The largest absolute Gasteiger partial charge is 0.277 e. The van der Waals surface area contributed by atoms with Crippen LogP contribution in [-0.2, 0) is 0 Å². The summed E-state index contributed by atoms with van der Waals surface area (Å²) < 4.78 is 0. The van der Waals surface area contributed by atoms with Crippen molar-refractivity contribution in [3.05, 3.63) is 71.4 Å². The lowest BCUT2D eigenvalue weighted by molar-refractivity contribution is 1.22. The van der Waals surface area contributed by atoms with Crippen molar-refractivity contribution in [1.82, 2.24) is 4.98 Å². The molecule has 0 amide bonds. The quantitative estimate of drug-likeness (QED) is 0.537. The van der Waals surface area contributed by atoms with Gasteiger partial charge in [0, 0.05) is 16.6 Å². The molecule has 0 bridgehead atoms. The van der Waals surface area contributed by atoms with Crippen molar-refractivity contribution in [3.8, 4) is 0 Å². The predicted octanol–water partition coefficient (Wildman–Crippen LogP) is 5.11. The van der Waals surface area contributed by atoms with Crippen molar-refractivity contribution < 1.29 is 0 Å². The minimum atomic E-state index is 0.680. The van der Waals surface area contributed by atoms with Crippen LogP contribution in [0.15, 0.2) is 65.9 Å². The molecule has 1 aromatic heterocycles. The summed E-state index contributed by atoms with van der Waals surface area (Å²) in [6.07, 6.45) is 2.61. The zero-order valence-corrected chi connectivity index (χ0v) is 13.0. The van der Waals surface area contributed by atoms with E-state index in [1.165, 1.54) is 0 Å². The first-order valence-electron chi connectivity index (χ1n) is 7.20. The predicted molar refractivity (Wildman–Crippen MR) is 93.6 cm³/mol. The number of benzene rings is 2. The van der Waals surface area contributed by atoms with Crippen molar-refractivity contribution in [2.75, 3.05) is 5.43 Å². The molecule has 2 aromatic carbocycles. The van der Waals surface area contributed by atoms with Crippen LogP contribution >= 0.6 is 11.6 Å². The number of nitrogens with one attached hydrogen (secondary N) is 1. The molecule has 0 aliphatic rings. The molecule has 22 heavy (non-hydrogen) atoms. The molecule has 4 heteroatoms. The van der Waals surface area contributed by atoms with E-state index in [-0.39, 0.29) is 0 Å². The third-order valence-corrected chi connectivity index (χ3v) is 3.69. The van der Waals surface area contributed by atoms with Crippen LogP contribution in [0.2, 0.25) is 5.02 Å². The molecular weight excluding hydrogens is 294 g/mol. The number of halogens is 1. The molecule has 0 unspecified atom stereocenters. The molecule has 0 radical (unpaired) electrons. The smallest absolute Gasteiger partial charge is 0.0738 e. The van der Waals surface area contributed by atoms with Crippen LogP contribution in [0.4, 0.5) is 5.69 Å².